The molecule has 0 aromatic heterocycles. The van der Waals surface area contributed by atoms with E-state index in [2.05, 4.69) is 4.99 Å². The third kappa shape index (κ3) is 3.97. The van der Waals surface area contributed by atoms with Gasteiger partial charge in [-0.2, -0.15) is 0 Å². The van der Waals surface area contributed by atoms with Crippen LogP contribution in [0.25, 0.3) is 0 Å². The van der Waals surface area contributed by atoms with Gasteiger partial charge in [-0.05, 0) is 25.7 Å². The average Bonchev–Trinajstić information content (AvgIpc) is 3.09. The summed E-state index contributed by atoms with van der Waals surface area (Å²) < 4.78 is 23.6. The van der Waals surface area contributed by atoms with E-state index in [1.54, 1.807) is 0 Å². The quantitative estimate of drug-likeness (QED) is 0.445. The van der Waals surface area contributed by atoms with Crippen molar-refractivity contribution in [2.45, 2.75) is 43.4 Å². The lowest BCUT2D eigenvalue weighted by atomic mass is 10.2. The van der Waals surface area contributed by atoms with Crippen molar-refractivity contribution in [2.24, 2.45) is 10.7 Å². The first-order valence-corrected chi connectivity index (χ1v) is 7.96. The highest BCUT2D eigenvalue weighted by Gasteiger charge is 2.30. The van der Waals surface area contributed by atoms with E-state index >= 15 is 0 Å². The number of sulfone groups is 1. The van der Waals surface area contributed by atoms with Crippen molar-refractivity contribution in [3.05, 3.63) is 0 Å². The van der Waals surface area contributed by atoms with E-state index in [9.17, 15) is 8.42 Å². The standard InChI is InChI=1S/C11H21N3O2S.HI/c1-14(9-5-6-9)11(12)13-8-10-4-2-3-7-17(10,15)16;/h9-10H,2-8H2,1H3,(H2,12,13);1H. The fourth-order valence-electron chi connectivity index (χ4n) is 2.18. The van der Waals surface area contributed by atoms with E-state index in [1.165, 1.54) is 0 Å². The minimum absolute atomic E-state index is 0. The van der Waals surface area contributed by atoms with Gasteiger partial charge in [-0.1, -0.05) is 6.42 Å². The van der Waals surface area contributed by atoms with Crippen molar-refractivity contribution in [1.82, 2.24) is 4.90 Å². The van der Waals surface area contributed by atoms with Gasteiger partial charge >= 0.3 is 0 Å². The Morgan fingerprint density at radius 3 is 2.56 bits per heavy atom. The molecule has 1 saturated carbocycles. The van der Waals surface area contributed by atoms with E-state index in [0.717, 1.165) is 32.1 Å². The van der Waals surface area contributed by atoms with Gasteiger partial charge in [0.1, 0.15) is 0 Å². The normalized spacial score (nSPS) is 27.4. The van der Waals surface area contributed by atoms with Crippen LogP contribution < -0.4 is 5.73 Å². The zero-order chi connectivity index (χ0) is 12.5. The molecule has 1 aliphatic carbocycles. The molecule has 1 atom stereocenters. The second-order valence-electron chi connectivity index (χ2n) is 5.03. The third-order valence-corrected chi connectivity index (χ3v) is 5.88. The van der Waals surface area contributed by atoms with Crippen LogP contribution in [0, 0.1) is 0 Å². The lowest BCUT2D eigenvalue weighted by Crippen LogP contribution is -2.37. The molecule has 1 heterocycles. The van der Waals surface area contributed by atoms with Crippen molar-refractivity contribution >= 4 is 39.8 Å². The molecule has 1 saturated heterocycles. The van der Waals surface area contributed by atoms with Crippen LogP contribution in [0.1, 0.15) is 32.1 Å². The Hall–Kier alpha value is -0.0500. The van der Waals surface area contributed by atoms with Crippen molar-refractivity contribution in [1.29, 1.82) is 0 Å². The first-order chi connectivity index (χ1) is 8.00. The molecule has 2 rings (SSSR count). The fourth-order valence-corrected chi connectivity index (χ4v) is 3.95. The Bertz CT molecular complexity index is 407. The highest BCUT2D eigenvalue weighted by molar-refractivity contribution is 14.0. The van der Waals surface area contributed by atoms with Gasteiger partial charge in [0.15, 0.2) is 15.8 Å². The summed E-state index contributed by atoms with van der Waals surface area (Å²) in [4.78, 5) is 6.20. The van der Waals surface area contributed by atoms with Crippen LogP contribution in [0.5, 0.6) is 0 Å². The topological polar surface area (TPSA) is 75.8 Å². The smallest absolute Gasteiger partial charge is 0.191 e. The van der Waals surface area contributed by atoms with Crippen LogP contribution in [0.3, 0.4) is 0 Å². The summed E-state index contributed by atoms with van der Waals surface area (Å²) in [5.41, 5.74) is 5.84. The van der Waals surface area contributed by atoms with Crippen molar-refractivity contribution in [3.8, 4) is 0 Å². The van der Waals surface area contributed by atoms with Crippen LogP contribution in [0.15, 0.2) is 4.99 Å². The molecule has 0 bridgehead atoms. The molecular formula is C11H22IN3O2S. The number of aliphatic imine (C=N–C) groups is 1. The van der Waals surface area contributed by atoms with E-state index < -0.39 is 9.84 Å². The molecule has 2 aliphatic rings. The number of nitrogens with two attached hydrogens (primary N) is 1. The van der Waals surface area contributed by atoms with Crippen molar-refractivity contribution in [3.63, 3.8) is 0 Å². The number of hydrogen-bond acceptors (Lipinski definition) is 3. The maximum Gasteiger partial charge on any atom is 0.191 e. The second-order valence-corrected chi connectivity index (χ2v) is 7.43. The van der Waals surface area contributed by atoms with Gasteiger partial charge in [-0.15, -0.1) is 24.0 Å². The summed E-state index contributed by atoms with van der Waals surface area (Å²) in [6.45, 7) is 0.325. The molecule has 0 aromatic carbocycles. The van der Waals surface area contributed by atoms with Gasteiger partial charge in [0.25, 0.3) is 0 Å². The number of rotatable bonds is 3. The van der Waals surface area contributed by atoms with E-state index in [0.29, 0.717) is 24.3 Å². The molecule has 5 nitrogen and oxygen atoms in total. The Kier molecular flexibility index (Phi) is 5.69. The molecule has 1 unspecified atom stereocenters. The van der Waals surface area contributed by atoms with Crippen LogP contribution in [0.4, 0.5) is 0 Å². The fraction of sp³-hybridized carbons (Fsp3) is 0.909. The van der Waals surface area contributed by atoms with Crippen LogP contribution >= 0.6 is 24.0 Å². The summed E-state index contributed by atoms with van der Waals surface area (Å²) in [7, 11) is -1.01. The van der Waals surface area contributed by atoms with Gasteiger partial charge in [-0.25, -0.2) is 8.42 Å². The Morgan fingerprint density at radius 2 is 2.00 bits per heavy atom. The highest BCUT2D eigenvalue weighted by Crippen LogP contribution is 2.25. The number of hydrogen-bond donors (Lipinski definition) is 1. The third-order valence-electron chi connectivity index (χ3n) is 3.63. The van der Waals surface area contributed by atoms with Crippen LogP contribution in [-0.2, 0) is 9.84 Å². The van der Waals surface area contributed by atoms with E-state index in [-0.39, 0.29) is 29.2 Å². The first-order valence-electron chi connectivity index (χ1n) is 6.25. The molecule has 0 aromatic rings. The van der Waals surface area contributed by atoms with E-state index in [4.69, 9.17) is 5.73 Å². The zero-order valence-corrected chi connectivity index (χ0v) is 13.9. The Balaban J connectivity index is 0.00000162. The molecule has 2 N–H and O–H groups in total. The van der Waals surface area contributed by atoms with Crippen LogP contribution in [-0.4, -0.2) is 49.9 Å². The summed E-state index contributed by atoms with van der Waals surface area (Å²) in [5, 5.41) is -0.317. The average molecular weight is 387 g/mol. The SMILES string of the molecule is CN(C(N)=NCC1CCCCS1(=O)=O)C1CC1.I. The van der Waals surface area contributed by atoms with Crippen molar-refractivity contribution in [2.75, 3.05) is 19.3 Å². The van der Waals surface area contributed by atoms with Gasteiger partial charge in [0, 0.05) is 13.1 Å². The molecule has 0 spiro atoms. The summed E-state index contributed by atoms with van der Waals surface area (Å²) in [6, 6.07) is 0.515. The molecule has 1 aliphatic heterocycles. The van der Waals surface area contributed by atoms with Gasteiger partial charge in [0.2, 0.25) is 0 Å². The number of halogens is 1. The summed E-state index contributed by atoms with van der Waals surface area (Å²) in [5.74, 6) is 0.791. The maximum absolute atomic E-state index is 11.8. The molecule has 7 heteroatoms. The Labute approximate surface area is 126 Å². The molecule has 0 radical (unpaired) electrons. The monoisotopic (exact) mass is 387 g/mol. The minimum Gasteiger partial charge on any atom is -0.370 e. The highest BCUT2D eigenvalue weighted by atomic mass is 127. The summed E-state index contributed by atoms with van der Waals surface area (Å²) >= 11 is 0. The largest absolute Gasteiger partial charge is 0.370 e. The van der Waals surface area contributed by atoms with Gasteiger partial charge in [-0.3, -0.25) is 4.99 Å². The second kappa shape index (κ2) is 6.40. The lowest BCUT2D eigenvalue weighted by molar-refractivity contribution is 0.485. The molecule has 0 amide bonds. The maximum atomic E-state index is 11.8. The molecule has 18 heavy (non-hydrogen) atoms. The predicted molar refractivity (Wildman–Crippen MR) is 84.1 cm³/mol. The van der Waals surface area contributed by atoms with Crippen molar-refractivity contribution < 1.29 is 8.42 Å². The number of guanidine groups is 1. The Morgan fingerprint density at radius 1 is 1.33 bits per heavy atom. The van der Waals surface area contributed by atoms with Gasteiger partial charge in [0.05, 0.1) is 17.5 Å². The zero-order valence-electron chi connectivity index (χ0n) is 10.7. The van der Waals surface area contributed by atoms with E-state index in [1.807, 2.05) is 11.9 Å². The molecular weight excluding hydrogens is 365 g/mol. The van der Waals surface area contributed by atoms with Crippen LogP contribution in [0.2, 0.25) is 0 Å². The van der Waals surface area contributed by atoms with Gasteiger partial charge < -0.3 is 10.6 Å². The molecule has 2 fully saturated rings. The number of nitrogens with zero attached hydrogens (tertiary/aromatic N) is 2. The molecule has 106 valence electrons. The first kappa shape index (κ1) is 16.0. The minimum atomic E-state index is -2.93. The lowest BCUT2D eigenvalue weighted by Gasteiger charge is -2.22. The summed E-state index contributed by atoms with van der Waals surface area (Å²) in [6.07, 6.45) is 4.83. The predicted octanol–water partition coefficient (Wildman–Crippen LogP) is 0.981.